The molecule has 5 heteroatoms. The van der Waals surface area contributed by atoms with Crippen LogP contribution in [0.5, 0.6) is 0 Å². The lowest BCUT2D eigenvalue weighted by Gasteiger charge is -2.23. The Morgan fingerprint density at radius 1 is 1.53 bits per heavy atom. The largest absolute Gasteiger partial charge is 0.379 e. The second kappa shape index (κ2) is 5.60. The Morgan fingerprint density at radius 3 is 3.00 bits per heavy atom. The van der Waals surface area contributed by atoms with Gasteiger partial charge in [-0.15, -0.1) is 0 Å². The van der Waals surface area contributed by atoms with Crippen LogP contribution >= 0.6 is 15.9 Å². The van der Waals surface area contributed by atoms with Crippen molar-refractivity contribution in [2.45, 2.75) is 18.9 Å². The molecule has 0 spiro atoms. The van der Waals surface area contributed by atoms with Crippen molar-refractivity contribution in [2.24, 2.45) is 0 Å². The molecule has 1 amide bonds. The minimum Gasteiger partial charge on any atom is -0.379 e. The van der Waals surface area contributed by atoms with E-state index in [1.807, 2.05) is 0 Å². The molecule has 1 fully saturated rings. The number of amides is 1. The second-order valence-electron chi connectivity index (χ2n) is 3.98. The van der Waals surface area contributed by atoms with E-state index in [1.165, 1.54) is 6.07 Å². The molecule has 0 aliphatic carbocycles. The predicted molar refractivity (Wildman–Crippen MR) is 65.4 cm³/mol. The van der Waals surface area contributed by atoms with Crippen LogP contribution in [-0.4, -0.2) is 25.2 Å². The summed E-state index contributed by atoms with van der Waals surface area (Å²) in [6.45, 7) is 1.23. The zero-order valence-electron chi connectivity index (χ0n) is 9.21. The van der Waals surface area contributed by atoms with E-state index in [0.717, 1.165) is 19.4 Å². The van der Waals surface area contributed by atoms with Gasteiger partial charge in [0.15, 0.2) is 0 Å². The Balaban J connectivity index is 2.08. The smallest absolute Gasteiger partial charge is 0.255 e. The summed E-state index contributed by atoms with van der Waals surface area (Å²) in [4.78, 5) is 11.9. The highest BCUT2D eigenvalue weighted by atomic mass is 79.9. The van der Waals surface area contributed by atoms with Gasteiger partial charge in [-0.05, 0) is 40.9 Å². The fourth-order valence-electron chi connectivity index (χ4n) is 1.83. The Kier molecular flexibility index (Phi) is 4.12. The standard InChI is InChI=1S/C12H13BrFNO2/c13-9-4-1-5-10(14)11(9)12(16)15-8-3-2-6-17-7-8/h1,4-5,8H,2-3,6-7H2,(H,15,16). The third kappa shape index (κ3) is 3.04. The minimum atomic E-state index is -0.520. The number of halogens is 2. The summed E-state index contributed by atoms with van der Waals surface area (Å²) < 4.78 is 19.3. The van der Waals surface area contributed by atoms with Gasteiger partial charge < -0.3 is 10.1 Å². The number of rotatable bonds is 2. The molecule has 17 heavy (non-hydrogen) atoms. The van der Waals surface area contributed by atoms with Crippen LogP contribution in [0.4, 0.5) is 4.39 Å². The fourth-order valence-corrected chi connectivity index (χ4v) is 2.35. The Morgan fingerprint density at radius 2 is 2.35 bits per heavy atom. The molecule has 1 N–H and O–H groups in total. The summed E-state index contributed by atoms with van der Waals surface area (Å²) in [5.41, 5.74) is 0.0538. The van der Waals surface area contributed by atoms with Gasteiger partial charge in [0.25, 0.3) is 5.91 Å². The normalized spacial score (nSPS) is 20.0. The number of benzene rings is 1. The molecular weight excluding hydrogens is 289 g/mol. The Hall–Kier alpha value is -0.940. The van der Waals surface area contributed by atoms with Crippen LogP contribution in [0, 0.1) is 5.82 Å². The summed E-state index contributed by atoms with van der Waals surface area (Å²) in [7, 11) is 0. The van der Waals surface area contributed by atoms with Crippen LogP contribution < -0.4 is 5.32 Å². The SMILES string of the molecule is O=C(NC1CCCOC1)c1c(F)cccc1Br. The van der Waals surface area contributed by atoms with Crippen LogP contribution in [-0.2, 0) is 4.74 Å². The molecule has 2 rings (SSSR count). The molecule has 1 saturated heterocycles. The van der Waals surface area contributed by atoms with E-state index in [1.54, 1.807) is 12.1 Å². The van der Waals surface area contributed by atoms with Crippen molar-refractivity contribution >= 4 is 21.8 Å². The molecule has 1 aliphatic heterocycles. The van der Waals surface area contributed by atoms with Crippen molar-refractivity contribution in [3.63, 3.8) is 0 Å². The van der Waals surface area contributed by atoms with Gasteiger partial charge in [0, 0.05) is 11.1 Å². The van der Waals surface area contributed by atoms with Crippen molar-refractivity contribution in [2.75, 3.05) is 13.2 Å². The lowest BCUT2D eigenvalue weighted by molar-refractivity contribution is 0.0622. The van der Waals surface area contributed by atoms with Crippen molar-refractivity contribution in [3.05, 3.63) is 34.1 Å². The molecule has 1 aromatic rings. The van der Waals surface area contributed by atoms with Crippen LogP contribution in [0.2, 0.25) is 0 Å². The average Bonchev–Trinajstić information content (AvgIpc) is 2.30. The Bertz CT molecular complexity index is 399. The van der Waals surface area contributed by atoms with Crippen LogP contribution in [0.3, 0.4) is 0 Å². The molecule has 0 saturated carbocycles. The topological polar surface area (TPSA) is 38.3 Å². The van der Waals surface area contributed by atoms with Gasteiger partial charge in [0.05, 0.1) is 18.2 Å². The summed E-state index contributed by atoms with van der Waals surface area (Å²) >= 11 is 3.18. The summed E-state index contributed by atoms with van der Waals surface area (Å²) in [5, 5.41) is 2.78. The molecule has 1 aromatic carbocycles. The predicted octanol–water partition coefficient (Wildman–Crippen LogP) is 2.50. The number of nitrogens with one attached hydrogen (secondary N) is 1. The molecule has 92 valence electrons. The van der Waals surface area contributed by atoms with E-state index in [4.69, 9.17) is 4.74 Å². The van der Waals surface area contributed by atoms with Crippen LogP contribution in [0.1, 0.15) is 23.2 Å². The number of ether oxygens (including phenoxy) is 1. The monoisotopic (exact) mass is 301 g/mol. The number of hydrogen-bond donors (Lipinski definition) is 1. The van der Waals surface area contributed by atoms with Gasteiger partial charge >= 0.3 is 0 Å². The molecule has 1 unspecified atom stereocenters. The highest BCUT2D eigenvalue weighted by molar-refractivity contribution is 9.10. The molecule has 0 radical (unpaired) electrons. The van der Waals surface area contributed by atoms with E-state index < -0.39 is 11.7 Å². The highest BCUT2D eigenvalue weighted by Crippen LogP contribution is 2.20. The quantitative estimate of drug-likeness (QED) is 0.911. The first-order valence-corrected chi connectivity index (χ1v) is 6.30. The summed E-state index contributed by atoms with van der Waals surface area (Å²) in [6, 6.07) is 4.45. The van der Waals surface area contributed by atoms with Crippen molar-refractivity contribution in [3.8, 4) is 0 Å². The van der Waals surface area contributed by atoms with Gasteiger partial charge in [0.2, 0.25) is 0 Å². The van der Waals surface area contributed by atoms with Gasteiger partial charge in [-0.2, -0.15) is 0 Å². The van der Waals surface area contributed by atoms with E-state index in [-0.39, 0.29) is 11.6 Å². The van der Waals surface area contributed by atoms with E-state index >= 15 is 0 Å². The maximum atomic E-state index is 13.5. The van der Waals surface area contributed by atoms with Gasteiger partial charge in [-0.1, -0.05) is 6.07 Å². The molecular formula is C12H13BrFNO2. The van der Waals surface area contributed by atoms with E-state index in [0.29, 0.717) is 11.1 Å². The molecule has 3 nitrogen and oxygen atoms in total. The lowest BCUT2D eigenvalue weighted by atomic mass is 10.1. The molecule has 0 aromatic heterocycles. The zero-order chi connectivity index (χ0) is 12.3. The Labute approximate surface area is 107 Å². The summed E-state index contributed by atoms with van der Waals surface area (Å²) in [6.07, 6.45) is 1.79. The van der Waals surface area contributed by atoms with Crippen LogP contribution in [0.25, 0.3) is 0 Å². The molecule has 1 atom stereocenters. The molecule has 1 aliphatic rings. The van der Waals surface area contributed by atoms with Crippen LogP contribution in [0.15, 0.2) is 22.7 Å². The second-order valence-corrected chi connectivity index (χ2v) is 4.84. The number of hydrogen-bond acceptors (Lipinski definition) is 2. The van der Waals surface area contributed by atoms with E-state index in [2.05, 4.69) is 21.2 Å². The number of carbonyl (C=O) groups excluding carboxylic acids is 1. The average molecular weight is 302 g/mol. The van der Waals surface area contributed by atoms with Gasteiger partial charge in [0.1, 0.15) is 5.82 Å². The zero-order valence-corrected chi connectivity index (χ0v) is 10.8. The van der Waals surface area contributed by atoms with Gasteiger partial charge in [-0.25, -0.2) is 4.39 Å². The van der Waals surface area contributed by atoms with E-state index in [9.17, 15) is 9.18 Å². The minimum absolute atomic E-state index is 0.0252. The van der Waals surface area contributed by atoms with Gasteiger partial charge in [-0.3, -0.25) is 4.79 Å². The van der Waals surface area contributed by atoms with Crippen molar-refractivity contribution in [1.82, 2.24) is 5.32 Å². The lowest BCUT2D eigenvalue weighted by Crippen LogP contribution is -2.41. The maximum Gasteiger partial charge on any atom is 0.255 e. The summed E-state index contributed by atoms with van der Waals surface area (Å²) in [5.74, 6) is -0.918. The highest BCUT2D eigenvalue weighted by Gasteiger charge is 2.20. The maximum absolute atomic E-state index is 13.5. The first-order valence-electron chi connectivity index (χ1n) is 5.51. The van der Waals surface area contributed by atoms with Crippen molar-refractivity contribution in [1.29, 1.82) is 0 Å². The fraction of sp³-hybridized carbons (Fsp3) is 0.417. The molecule has 0 bridgehead atoms. The third-order valence-corrected chi connectivity index (χ3v) is 3.35. The number of carbonyl (C=O) groups is 1. The first kappa shape index (κ1) is 12.5. The third-order valence-electron chi connectivity index (χ3n) is 2.69. The first-order chi connectivity index (χ1) is 8.18. The van der Waals surface area contributed by atoms with Crippen molar-refractivity contribution < 1.29 is 13.9 Å². The molecule has 1 heterocycles.